The molecule has 0 saturated heterocycles. The number of hydrogen-bond acceptors (Lipinski definition) is 5. The Bertz CT molecular complexity index is 1080. The summed E-state index contributed by atoms with van der Waals surface area (Å²) >= 11 is 0. The number of carbonyl (C=O) groups excluding carboxylic acids is 1. The summed E-state index contributed by atoms with van der Waals surface area (Å²) in [6, 6.07) is 15.3. The number of furan rings is 1. The van der Waals surface area contributed by atoms with Crippen LogP contribution in [0.15, 0.2) is 76.2 Å². The van der Waals surface area contributed by atoms with Gasteiger partial charge in [0, 0.05) is 19.2 Å². The van der Waals surface area contributed by atoms with Crippen LogP contribution in [-0.4, -0.2) is 39.4 Å². The molecule has 3 aromatic rings. The second-order valence-electron chi connectivity index (χ2n) is 6.73. The quantitative estimate of drug-likeness (QED) is 0.480. The van der Waals surface area contributed by atoms with Crippen LogP contribution < -0.4 is 4.74 Å². The van der Waals surface area contributed by atoms with E-state index >= 15 is 0 Å². The summed E-state index contributed by atoms with van der Waals surface area (Å²) < 4.78 is 48.9. The fraction of sp³-hybridized carbons (Fsp3) is 0.227. The van der Waals surface area contributed by atoms with Gasteiger partial charge < -0.3 is 14.1 Å². The van der Waals surface area contributed by atoms with Gasteiger partial charge in [0.05, 0.1) is 23.5 Å². The van der Waals surface area contributed by atoms with E-state index in [1.165, 1.54) is 53.6 Å². The Morgan fingerprint density at radius 2 is 1.77 bits per heavy atom. The highest BCUT2D eigenvalue weighted by Gasteiger charge is 2.24. The number of nitrogens with zero attached hydrogens (tertiary/aromatic N) is 1. The summed E-state index contributed by atoms with van der Waals surface area (Å²) in [4.78, 5) is 14.3. The first-order valence-electron chi connectivity index (χ1n) is 9.35. The second kappa shape index (κ2) is 9.58. The predicted molar refractivity (Wildman–Crippen MR) is 110 cm³/mol. The lowest BCUT2D eigenvalue weighted by atomic mass is 10.2. The van der Waals surface area contributed by atoms with E-state index in [1.807, 2.05) is 0 Å². The van der Waals surface area contributed by atoms with Crippen molar-refractivity contribution in [1.29, 1.82) is 0 Å². The van der Waals surface area contributed by atoms with Crippen LogP contribution in [0.2, 0.25) is 0 Å². The van der Waals surface area contributed by atoms with Gasteiger partial charge in [-0.05, 0) is 48.9 Å². The average molecular weight is 431 g/mol. The number of carbonyl (C=O) groups is 1. The standard InChI is InChI=1S/C22H22FNO5S/c1-24(13-5-14-28-19-10-8-18(23)9-11-19)22(25)21-17(12-15-29-21)16-30(26,27)20-6-3-2-4-7-20/h2-4,6-12,15H,5,13-14,16H2,1H3. The predicted octanol–water partition coefficient (Wildman–Crippen LogP) is 3.93. The maximum absolute atomic E-state index is 12.9. The Morgan fingerprint density at radius 3 is 2.47 bits per heavy atom. The molecule has 0 aliphatic carbocycles. The van der Waals surface area contributed by atoms with Crippen molar-refractivity contribution in [3.05, 3.63) is 84.1 Å². The van der Waals surface area contributed by atoms with Gasteiger partial charge in [-0.25, -0.2) is 12.8 Å². The smallest absolute Gasteiger partial charge is 0.289 e. The van der Waals surface area contributed by atoms with E-state index < -0.39 is 15.7 Å². The molecule has 158 valence electrons. The summed E-state index contributed by atoms with van der Waals surface area (Å²) in [5, 5.41) is 0. The van der Waals surface area contributed by atoms with Crippen molar-refractivity contribution in [2.24, 2.45) is 0 Å². The molecule has 0 saturated carbocycles. The molecule has 0 spiro atoms. The molecule has 0 radical (unpaired) electrons. The van der Waals surface area contributed by atoms with E-state index in [0.717, 1.165) is 0 Å². The Labute approximate surface area is 174 Å². The van der Waals surface area contributed by atoms with Crippen molar-refractivity contribution >= 4 is 15.7 Å². The Hall–Kier alpha value is -3.13. The van der Waals surface area contributed by atoms with Crippen LogP contribution in [-0.2, 0) is 15.6 Å². The molecule has 0 aliphatic rings. The van der Waals surface area contributed by atoms with Crippen LogP contribution in [0.3, 0.4) is 0 Å². The zero-order chi connectivity index (χ0) is 21.6. The van der Waals surface area contributed by atoms with Gasteiger partial charge in [-0.15, -0.1) is 0 Å². The molecule has 1 amide bonds. The molecule has 0 N–H and O–H groups in total. The zero-order valence-electron chi connectivity index (χ0n) is 16.5. The number of ether oxygens (including phenoxy) is 1. The third-order valence-electron chi connectivity index (χ3n) is 4.46. The van der Waals surface area contributed by atoms with Gasteiger partial charge in [-0.2, -0.15) is 0 Å². The summed E-state index contributed by atoms with van der Waals surface area (Å²) in [6.07, 6.45) is 1.85. The third-order valence-corrected chi connectivity index (χ3v) is 6.14. The second-order valence-corrected chi connectivity index (χ2v) is 8.72. The summed E-state index contributed by atoms with van der Waals surface area (Å²) in [5.41, 5.74) is 0.318. The van der Waals surface area contributed by atoms with Gasteiger partial charge in [0.1, 0.15) is 11.6 Å². The minimum Gasteiger partial charge on any atom is -0.494 e. The molecule has 8 heteroatoms. The van der Waals surface area contributed by atoms with E-state index in [4.69, 9.17) is 9.15 Å². The molecule has 0 unspecified atom stereocenters. The summed E-state index contributed by atoms with van der Waals surface area (Å²) in [5.74, 6) is -0.506. The van der Waals surface area contributed by atoms with Gasteiger partial charge in [0.2, 0.25) is 0 Å². The van der Waals surface area contributed by atoms with E-state index in [1.54, 1.807) is 25.2 Å². The van der Waals surface area contributed by atoms with E-state index in [9.17, 15) is 17.6 Å². The maximum Gasteiger partial charge on any atom is 0.289 e. The number of rotatable bonds is 9. The van der Waals surface area contributed by atoms with Gasteiger partial charge >= 0.3 is 0 Å². The molecule has 1 aromatic heterocycles. The van der Waals surface area contributed by atoms with Gasteiger partial charge in [-0.3, -0.25) is 4.79 Å². The fourth-order valence-electron chi connectivity index (χ4n) is 2.85. The van der Waals surface area contributed by atoms with Crippen molar-refractivity contribution in [2.75, 3.05) is 20.2 Å². The van der Waals surface area contributed by atoms with Gasteiger partial charge in [-0.1, -0.05) is 18.2 Å². The normalized spacial score (nSPS) is 11.3. The van der Waals surface area contributed by atoms with Crippen molar-refractivity contribution in [1.82, 2.24) is 4.90 Å². The van der Waals surface area contributed by atoms with E-state index in [0.29, 0.717) is 30.9 Å². The van der Waals surface area contributed by atoms with Crippen molar-refractivity contribution in [2.45, 2.75) is 17.1 Å². The highest BCUT2D eigenvalue weighted by molar-refractivity contribution is 7.90. The monoisotopic (exact) mass is 431 g/mol. The molecular weight excluding hydrogens is 409 g/mol. The topological polar surface area (TPSA) is 76.8 Å². The van der Waals surface area contributed by atoms with Crippen LogP contribution in [0.25, 0.3) is 0 Å². The SMILES string of the molecule is CN(CCCOc1ccc(F)cc1)C(=O)c1occc1CS(=O)(=O)c1ccccc1. The number of sulfone groups is 1. The molecule has 30 heavy (non-hydrogen) atoms. The summed E-state index contributed by atoms with van der Waals surface area (Å²) in [7, 11) is -1.99. The van der Waals surface area contributed by atoms with Crippen LogP contribution in [0.5, 0.6) is 5.75 Å². The average Bonchev–Trinajstić information content (AvgIpc) is 3.19. The van der Waals surface area contributed by atoms with Gasteiger partial charge in [0.15, 0.2) is 15.6 Å². The van der Waals surface area contributed by atoms with Crippen molar-refractivity contribution in [3.8, 4) is 5.75 Å². The third kappa shape index (κ3) is 5.48. The highest BCUT2D eigenvalue weighted by Crippen LogP contribution is 2.21. The number of benzene rings is 2. The molecule has 6 nitrogen and oxygen atoms in total. The lowest BCUT2D eigenvalue weighted by Crippen LogP contribution is -2.29. The number of amides is 1. The Balaban J connectivity index is 1.56. The summed E-state index contributed by atoms with van der Waals surface area (Å²) in [6.45, 7) is 0.724. The molecule has 1 heterocycles. The minimum absolute atomic E-state index is 0.0106. The number of hydrogen-bond donors (Lipinski definition) is 0. The molecule has 0 aliphatic heterocycles. The first-order chi connectivity index (χ1) is 14.4. The Morgan fingerprint density at radius 1 is 1.07 bits per heavy atom. The van der Waals surface area contributed by atoms with Crippen LogP contribution in [0.1, 0.15) is 22.5 Å². The van der Waals surface area contributed by atoms with Gasteiger partial charge in [0.25, 0.3) is 5.91 Å². The lowest BCUT2D eigenvalue weighted by molar-refractivity contribution is 0.0755. The maximum atomic E-state index is 12.9. The van der Waals surface area contributed by atoms with E-state index in [2.05, 4.69) is 0 Å². The van der Waals surface area contributed by atoms with Crippen LogP contribution in [0, 0.1) is 5.82 Å². The zero-order valence-corrected chi connectivity index (χ0v) is 17.3. The molecule has 0 bridgehead atoms. The Kier molecular flexibility index (Phi) is 6.89. The molecule has 2 aromatic carbocycles. The molecular formula is C22H22FNO5S. The highest BCUT2D eigenvalue weighted by atomic mass is 32.2. The molecule has 0 atom stereocenters. The molecule has 3 rings (SSSR count). The first kappa shape index (κ1) is 21.6. The molecule has 0 fully saturated rings. The van der Waals surface area contributed by atoms with Crippen molar-refractivity contribution in [3.63, 3.8) is 0 Å². The van der Waals surface area contributed by atoms with E-state index in [-0.39, 0.29) is 22.2 Å². The van der Waals surface area contributed by atoms with Crippen LogP contribution >= 0.6 is 0 Å². The number of halogens is 1. The fourth-order valence-corrected chi connectivity index (χ4v) is 4.23. The lowest BCUT2D eigenvalue weighted by Gasteiger charge is -2.17. The van der Waals surface area contributed by atoms with Crippen molar-refractivity contribution < 1.29 is 26.8 Å². The minimum atomic E-state index is -3.60. The first-order valence-corrected chi connectivity index (χ1v) is 11.0. The largest absolute Gasteiger partial charge is 0.494 e. The van der Waals surface area contributed by atoms with Crippen LogP contribution in [0.4, 0.5) is 4.39 Å².